The van der Waals surface area contributed by atoms with Crippen molar-refractivity contribution in [2.24, 2.45) is 0 Å². The van der Waals surface area contributed by atoms with Crippen molar-refractivity contribution in [1.82, 2.24) is 4.90 Å². The molecule has 1 unspecified atom stereocenters. The van der Waals surface area contributed by atoms with E-state index in [0.29, 0.717) is 12.1 Å². The minimum atomic E-state index is -0.646. The number of nitrogens with zero attached hydrogens (tertiary/aromatic N) is 1. The molecule has 3 aromatic rings. The molecule has 1 aliphatic rings. The lowest BCUT2D eigenvalue weighted by atomic mass is 9.93. The Balaban J connectivity index is 1.72. The molecule has 0 radical (unpaired) electrons. The maximum Gasteiger partial charge on any atom is 0.258 e. The fourth-order valence-electron chi connectivity index (χ4n) is 3.81. The molecule has 1 atom stereocenters. The van der Waals surface area contributed by atoms with Crippen LogP contribution in [0, 0.1) is 0 Å². The van der Waals surface area contributed by atoms with Crippen LogP contribution in [0.5, 0.6) is 5.75 Å². The van der Waals surface area contributed by atoms with Crippen molar-refractivity contribution in [3.63, 3.8) is 0 Å². The van der Waals surface area contributed by atoms with Gasteiger partial charge in [-0.3, -0.25) is 4.79 Å². The molecule has 1 aliphatic heterocycles. The number of hydrogen-bond donors (Lipinski definition) is 1. The summed E-state index contributed by atoms with van der Waals surface area (Å²) < 4.78 is 5.30. The van der Waals surface area contributed by atoms with Crippen LogP contribution < -0.4 is 10.1 Å². The summed E-state index contributed by atoms with van der Waals surface area (Å²) in [5.74, 6) is 0.842. The highest BCUT2D eigenvalue weighted by atomic mass is 16.5. The first-order valence-electron chi connectivity index (χ1n) is 9.49. The van der Waals surface area contributed by atoms with E-state index >= 15 is 0 Å². The van der Waals surface area contributed by atoms with Crippen molar-refractivity contribution in [3.8, 4) is 5.75 Å². The molecule has 0 saturated carbocycles. The molecule has 0 spiro atoms. The number of carbonyl (C=O) groups is 1. The van der Waals surface area contributed by atoms with E-state index in [1.807, 2.05) is 71.6 Å². The minimum absolute atomic E-state index is 0.0450. The van der Waals surface area contributed by atoms with Gasteiger partial charge in [0.2, 0.25) is 0 Å². The Hall–Kier alpha value is -3.27. The molecule has 4 nitrogen and oxygen atoms in total. The monoisotopic (exact) mass is 372 g/mol. The van der Waals surface area contributed by atoms with Gasteiger partial charge in [-0.15, -0.1) is 0 Å². The second-order valence-corrected chi connectivity index (χ2v) is 7.16. The topological polar surface area (TPSA) is 41.6 Å². The van der Waals surface area contributed by atoms with Gasteiger partial charge < -0.3 is 15.0 Å². The van der Waals surface area contributed by atoms with E-state index in [4.69, 9.17) is 4.74 Å². The van der Waals surface area contributed by atoms with Crippen molar-refractivity contribution >= 4 is 11.6 Å². The van der Waals surface area contributed by atoms with E-state index in [1.54, 1.807) is 7.11 Å². The number of nitrogens with one attached hydrogen (secondary N) is 1. The normalized spacial score (nSPS) is 18.4. The lowest BCUT2D eigenvalue weighted by Gasteiger charge is -2.47. The third-order valence-corrected chi connectivity index (χ3v) is 5.44. The molecule has 1 heterocycles. The van der Waals surface area contributed by atoms with Crippen LogP contribution in [0.1, 0.15) is 28.4 Å². The Labute approximate surface area is 165 Å². The number of para-hydroxylation sites is 1. The second kappa shape index (κ2) is 7.39. The Morgan fingerprint density at radius 1 is 0.929 bits per heavy atom. The van der Waals surface area contributed by atoms with Crippen LogP contribution in [0.3, 0.4) is 0 Å². The van der Waals surface area contributed by atoms with E-state index in [-0.39, 0.29) is 5.91 Å². The first-order chi connectivity index (χ1) is 13.6. The first kappa shape index (κ1) is 18.1. The SMILES string of the molecule is COc1ccc(C2(C)Nc3ccccc3C(=O)N2CCc2ccccc2)cc1. The van der Waals surface area contributed by atoms with Crippen molar-refractivity contribution in [1.29, 1.82) is 0 Å². The van der Waals surface area contributed by atoms with Gasteiger partial charge in [0.25, 0.3) is 5.91 Å². The van der Waals surface area contributed by atoms with Gasteiger partial charge in [-0.05, 0) is 48.7 Å². The van der Waals surface area contributed by atoms with Gasteiger partial charge in [-0.1, -0.05) is 54.6 Å². The number of rotatable bonds is 5. The van der Waals surface area contributed by atoms with Crippen molar-refractivity contribution in [2.45, 2.75) is 19.0 Å². The Morgan fingerprint density at radius 2 is 1.61 bits per heavy atom. The van der Waals surface area contributed by atoms with Crippen molar-refractivity contribution < 1.29 is 9.53 Å². The van der Waals surface area contributed by atoms with E-state index in [0.717, 1.165) is 23.4 Å². The predicted octanol–water partition coefficient (Wildman–Crippen LogP) is 4.68. The summed E-state index contributed by atoms with van der Waals surface area (Å²) in [5.41, 5.74) is 3.16. The van der Waals surface area contributed by atoms with E-state index in [9.17, 15) is 4.79 Å². The molecule has 0 aromatic heterocycles. The average molecular weight is 372 g/mol. The number of anilines is 1. The number of ether oxygens (including phenoxy) is 1. The molecule has 4 heteroatoms. The summed E-state index contributed by atoms with van der Waals surface area (Å²) in [4.78, 5) is 15.3. The number of methoxy groups -OCH3 is 1. The molecule has 28 heavy (non-hydrogen) atoms. The van der Waals surface area contributed by atoms with Gasteiger partial charge in [-0.25, -0.2) is 0 Å². The molecular weight excluding hydrogens is 348 g/mol. The van der Waals surface area contributed by atoms with Gasteiger partial charge in [0.1, 0.15) is 11.4 Å². The summed E-state index contributed by atoms with van der Waals surface area (Å²) in [6, 6.07) is 25.9. The van der Waals surface area contributed by atoms with Gasteiger partial charge in [0, 0.05) is 12.2 Å². The van der Waals surface area contributed by atoms with Gasteiger partial charge in [0.15, 0.2) is 0 Å². The molecule has 0 aliphatic carbocycles. The van der Waals surface area contributed by atoms with Crippen LogP contribution in [0.2, 0.25) is 0 Å². The highest BCUT2D eigenvalue weighted by molar-refractivity contribution is 6.02. The quantitative estimate of drug-likeness (QED) is 0.707. The van der Waals surface area contributed by atoms with Crippen LogP contribution in [0.25, 0.3) is 0 Å². The van der Waals surface area contributed by atoms with E-state index in [2.05, 4.69) is 24.4 Å². The first-order valence-corrected chi connectivity index (χ1v) is 9.49. The summed E-state index contributed by atoms with van der Waals surface area (Å²) in [6.45, 7) is 2.68. The fourth-order valence-corrected chi connectivity index (χ4v) is 3.81. The van der Waals surface area contributed by atoms with Crippen molar-refractivity contribution in [2.75, 3.05) is 19.0 Å². The van der Waals surface area contributed by atoms with E-state index < -0.39 is 5.66 Å². The predicted molar refractivity (Wildman–Crippen MR) is 112 cm³/mol. The number of carbonyl (C=O) groups excluding carboxylic acids is 1. The second-order valence-electron chi connectivity index (χ2n) is 7.16. The van der Waals surface area contributed by atoms with Crippen LogP contribution in [-0.4, -0.2) is 24.5 Å². The minimum Gasteiger partial charge on any atom is -0.497 e. The number of benzene rings is 3. The highest BCUT2D eigenvalue weighted by Gasteiger charge is 2.42. The van der Waals surface area contributed by atoms with Crippen LogP contribution >= 0.6 is 0 Å². The fraction of sp³-hybridized carbons (Fsp3) is 0.208. The number of fused-ring (bicyclic) bond motifs is 1. The van der Waals surface area contributed by atoms with Crippen molar-refractivity contribution in [3.05, 3.63) is 95.6 Å². The van der Waals surface area contributed by atoms with E-state index in [1.165, 1.54) is 5.56 Å². The summed E-state index contributed by atoms with van der Waals surface area (Å²) >= 11 is 0. The summed E-state index contributed by atoms with van der Waals surface area (Å²) in [6.07, 6.45) is 0.794. The van der Waals surface area contributed by atoms with Gasteiger partial charge in [-0.2, -0.15) is 0 Å². The maximum atomic E-state index is 13.4. The smallest absolute Gasteiger partial charge is 0.258 e. The molecule has 142 valence electrons. The molecule has 4 rings (SSSR count). The molecular formula is C24H24N2O2. The number of amides is 1. The third-order valence-electron chi connectivity index (χ3n) is 5.44. The maximum absolute atomic E-state index is 13.4. The molecule has 0 saturated heterocycles. The zero-order chi connectivity index (χ0) is 19.6. The average Bonchev–Trinajstić information content (AvgIpc) is 2.74. The van der Waals surface area contributed by atoms with Crippen LogP contribution in [0.15, 0.2) is 78.9 Å². The number of hydrogen-bond acceptors (Lipinski definition) is 3. The van der Waals surface area contributed by atoms with Crippen LogP contribution in [-0.2, 0) is 12.1 Å². The lowest BCUT2D eigenvalue weighted by Crippen LogP contribution is -2.56. The molecule has 0 bridgehead atoms. The third kappa shape index (κ3) is 3.22. The zero-order valence-electron chi connectivity index (χ0n) is 16.2. The standard InChI is InChI=1S/C24H24N2O2/c1-24(19-12-14-20(28-2)15-13-19)25-22-11-7-6-10-21(22)23(27)26(24)17-16-18-8-4-3-5-9-18/h3-15,25H,16-17H2,1-2H3. The van der Waals surface area contributed by atoms with Crippen LogP contribution in [0.4, 0.5) is 5.69 Å². The lowest BCUT2D eigenvalue weighted by molar-refractivity contribution is 0.0539. The van der Waals surface area contributed by atoms with Gasteiger partial charge >= 0.3 is 0 Å². The molecule has 1 N–H and O–H groups in total. The zero-order valence-corrected chi connectivity index (χ0v) is 16.2. The summed E-state index contributed by atoms with van der Waals surface area (Å²) in [5, 5.41) is 3.61. The highest BCUT2D eigenvalue weighted by Crippen LogP contribution is 2.38. The Morgan fingerprint density at radius 3 is 2.32 bits per heavy atom. The molecule has 1 amide bonds. The largest absolute Gasteiger partial charge is 0.497 e. The Bertz CT molecular complexity index is 969. The molecule has 0 fully saturated rings. The molecule has 3 aromatic carbocycles. The van der Waals surface area contributed by atoms with Gasteiger partial charge in [0.05, 0.1) is 12.7 Å². The Kier molecular flexibility index (Phi) is 4.78. The summed E-state index contributed by atoms with van der Waals surface area (Å²) in [7, 11) is 1.65.